The Morgan fingerprint density at radius 1 is 1.22 bits per heavy atom. The van der Waals surface area contributed by atoms with Crippen molar-refractivity contribution in [1.82, 2.24) is 4.98 Å². The number of para-hydroxylation sites is 2. The van der Waals surface area contributed by atoms with Crippen LogP contribution in [0.5, 0.6) is 11.5 Å². The number of nitrogens with two attached hydrogens (primary N) is 1. The fraction of sp³-hybridized carbons (Fsp3) is 0.308. The third kappa shape index (κ3) is 3.21. The second kappa shape index (κ2) is 6.37. The van der Waals surface area contributed by atoms with Gasteiger partial charge in [0.25, 0.3) is 0 Å². The molecule has 0 aliphatic heterocycles. The number of nitrogens with zero attached hydrogens (tertiary/aromatic N) is 1. The van der Waals surface area contributed by atoms with Crippen molar-refractivity contribution in [2.75, 3.05) is 6.61 Å². The summed E-state index contributed by atoms with van der Waals surface area (Å²) in [5.41, 5.74) is 5.54. The van der Waals surface area contributed by atoms with E-state index in [2.05, 4.69) is 4.98 Å². The van der Waals surface area contributed by atoms with Crippen LogP contribution >= 0.6 is 11.3 Å². The van der Waals surface area contributed by atoms with Crippen LogP contribution in [-0.2, 0) is 13.2 Å². The van der Waals surface area contributed by atoms with Gasteiger partial charge in [-0.1, -0.05) is 12.1 Å². The highest BCUT2D eigenvalue weighted by atomic mass is 32.1. The molecule has 0 aliphatic rings. The fourth-order valence-electron chi connectivity index (χ4n) is 1.49. The minimum Gasteiger partial charge on any atom is -0.490 e. The van der Waals surface area contributed by atoms with Gasteiger partial charge in [0.15, 0.2) is 11.5 Å². The van der Waals surface area contributed by atoms with Crippen molar-refractivity contribution in [3.63, 3.8) is 0 Å². The smallest absolute Gasteiger partial charge is 0.161 e. The largest absolute Gasteiger partial charge is 0.490 e. The normalized spacial score (nSPS) is 10.3. The summed E-state index contributed by atoms with van der Waals surface area (Å²) < 4.78 is 11.2. The number of aromatic nitrogens is 1. The van der Waals surface area contributed by atoms with Crippen LogP contribution in [0, 0.1) is 0 Å². The third-order valence-corrected chi connectivity index (χ3v) is 3.30. The molecule has 4 nitrogen and oxygen atoms in total. The number of thiazole rings is 1. The maximum atomic E-state index is 5.72. The lowest BCUT2D eigenvalue weighted by Crippen LogP contribution is -1.98. The van der Waals surface area contributed by atoms with E-state index in [1.165, 1.54) is 0 Å². The van der Waals surface area contributed by atoms with Crippen LogP contribution in [0.1, 0.15) is 16.8 Å². The number of ether oxygens (including phenoxy) is 2. The number of hydrogen-bond acceptors (Lipinski definition) is 5. The molecule has 1 aromatic carbocycles. The van der Waals surface area contributed by atoms with Gasteiger partial charge in [-0.3, -0.25) is 0 Å². The average molecular weight is 264 g/mol. The zero-order valence-electron chi connectivity index (χ0n) is 10.3. The summed E-state index contributed by atoms with van der Waals surface area (Å²) in [4.78, 5) is 5.31. The van der Waals surface area contributed by atoms with E-state index in [0.717, 1.165) is 21.4 Å². The number of hydrogen-bond donors (Lipinski definition) is 1. The first-order chi connectivity index (χ1) is 8.83. The zero-order chi connectivity index (χ0) is 12.8. The van der Waals surface area contributed by atoms with Gasteiger partial charge >= 0.3 is 0 Å². The van der Waals surface area contributed by atoms with Gasteiger partial charge in [0.05, 0.1) is 6.61 Å². The lowest BCUT2D eigenvalue weighted by atomic mass is 10.3. The number of rotatable bonds is 6. The molecule has 0 aliphatic carbocycles. The predicted molar refractivity (Wildman–Crippen MR) is 71.9 cm³/mol. The summed E-state index contributed by atoms with van der Waals surface area (Å²) in [5, 5.41) is 0.918. The molecule has 0 saturated heterocycles. The molecule has 0 fully saturated rings. The second-order valence-corrected chi connectivity index (χ2v) is 4.79. The highest BCUT2D eigenvalue weighted by Crippen LogP contribution is 2.27. The summed E-state index contributed by atoms with van der Waals surface area (Å²) in [6.07, 6.45) is 1.79. The van der Waals surface area contributed by atoms with Crippen LogP contribution in [-0.4, -0.2) is 11.6 Å². The van der Waals surface area contributed by atoms with E-state index in [-0.39, 0.29) is 0 Å². The van der Waals surface area contributed by atoms with Crippen molar-refractivity contribution in [2.45, 2.75) is 20.1 Å². The Balaban J connectivity index is 2.01. The van der Waals surface area contributed by atoms with Crippen molar-refractivity contribution in [3.8, 4) is 11.5 Å². The Morgan fingerprint density at radius 3 is 2.56 bits per heavy atom. The van der Waals surface area contributed by atoms with E-state index in [1.807, 2.05) is 31.2 Å². The molecule has 2 N–H and O–H groups in total. The quantitative estimate of drug-likeness (QED) is 0.871. The maximum Gasteiger partial charge on any atom is 0.161 e. The molecule has 96 valence electrons. The molecular formula is C13H16N2O2S. The minimum absolute atomic E-state index is 0.439. The molecule has 1 heterocycles. The van der Waals surface area contributed by atoms with E-state index in [4.69, 9.17) is 15.2 Å². The summed E-state index contributed by atoms with van der Waals surface area (Å²) in [6.45, 7) is 3.53. The van der Waals surface area contributed by atoms with Crippen LogP contribution in [0.4, 0.5) is 0 Å². The molecule has 0 amide bonds. The van der Waals surface area contributed by atoms with Crippen molar-refractivity contribution < 1.29 is 9.47 Å². The van der Waals surface area contributed by atoms with Crippen LogP contribution in [0.2, 0.25) is 0 Å². The van der Waals surface area contributed by atoms with E-state index in [0.29, 0.717) is 19.8 Å². The molecule has 0 saturated carbocycles. The zero-order valence-corrected chi connectivity index (χ0v) is 11.1. The fourth-order valence-corrected chi connectivity index (χ4v) is 2.21. The van der Waals surface area contributed by atoms with E-state index in [1.54, 1.807) is 17.5 Å². The molecule has 0 unspecified atom stereocenters. The Kier molecular flexibility index (Phi) is 4.55. The standard InChI is InChI=1S/C13H16N2O2S/c1-2-16-11-5-3-4-6-12(11)17-9-13-15-8-10(7-14)18-13/h3-6,8H,2,7,9,14H2,1H3. The average Bonchev–Trinajstić information content (AvgIpc) is 2.86. The highest BCUT2D eigenvalue weighted by Gasteiger charge is 2.06. The minimum atomic E-state index is 0.439. The van der Waals surface area contributed by atoms with Gasteiger partial charge in [0.1, 0.15) is 11.6 Å². The topological polar surface area (TPSA) is 57.4 Å². The first-order valence-corrected chi connectivity index (χ1v) is 6.63. The number of benzene rings is 1. The monoisotopic (exact) mass is 264 g/mol. The van der Waals surface area contributed by atoms with Gasteiger partial charge in [-0.05, 0) is 19.1 Å². The van der Waals surface area contributed by atoms with Gasteiger partial charge in [-0.15, -0.1) is 11.3 Å². The Labute approximate surface area is 110 Å². The summed E-state index contributed by atoms with van der Waals surface area (Å²) in [5.74, 6) is 1.50. The van der Waals surface area contributed by atoms with E-state index >= 15 is 0 Å². The molecule has 2 aromatic rings. The van der Waals surface area contributed by atoms with Gasteiger partial charge in [-0.25, -0.2) is 4.98 Å². The van der Waals surface area contributed by atoms with Crippen molar-refractivity contribution in [3.05, 3.63) is 40.3 Å². The van der Waals surface area contributed by atoms with Crippen LogP contribution in [0.15, 0.2) is 30.5 Å². The Morgan fingerprint density at radius 2 is 1.94 bits per heavy atom. The van der Waals surface area contributed by atoms with E-state index < -0.39 is 0 Å². The SMILES string of the molecule is CCOc1ccccc1OCc1ncc(CN)s1. The van der Waals surface area contributed by atoms with Crippen LogP contribution in [0.3, 0.4) is 0 Å². The van der Waals surface area contributed by atoms with Gasteiger partial charge in [0.2, 0.25) is 0 Å². The maximum absolute atomic E-state index is 5.72. The molecule has 18 heavy (non-hydrogen) atoms. The summed E-state index contributed by atoms with van der Waals surface area (Å²) in [6, 6.07) is 7.63. The molecule has 5 heteroatoms. The molecule has 0 radical (unpaired) electrons. The first-order valence-electron chi connectivity index (χ1n) is 5.81. The van der Waals surface area contributed by atoms with Gasteiger partial charge in [0, 0.05) is 17.6 Å². The van der Waals surface area contributed by atoms with Crippen molar-refractivity contribution in [1.29, 1.82) is 0 Å². The molecule has 0 bridgehead atoms. The highest BCUT2D eigenvalue weighted by molar-refractivity contribution is 7.11. The third-order valence-electron chi connectivity index (χ3n) is 2.30. The van der Waals surface area contributed by atoms with Crippen molar-refractivity contribution in [2.24, 2.45) is 5.73 Å². The van der Waals surface area contributed by atoms with Crippen LogP contribution in [0.25, 0.3) is 0 Å². The lowest BCUT2D eigenvalue weighted by Gasteiger charge is -2.10. The predicted octanol–water partition coefficient (Wildman–Crippen LogP) is 2.58. The Hall–Kier alpha value is -1.59. The first kappa shape index (κ1) is 12.9. The molecule has 1 aromatic heterocycles. The second-order valence-electron chi connectivity index (χ2n) is 3.59. The lowest BCUT2D eigenvalue weighted by molar-refractivity contribution is 0.269. The molecule has 2 rings (SSSR count). The van der Waals surface area contributed by atoms with Crippen LogP contribution < -0.4 is 15.2 Å². The van der Waals surface area contributed by atoms with Gasteiger partial charge in [-0.2, -0.15) is 0 Å². The molecule has 0 spiro atoms. The molecule has 0 atom stereocenters. The molecular weight excluding hydrogens is 248 g/mol. The van der Waals surface area contributed by atoms with E-state index in [9.17, 15) is 0 Å². The van der Waals surface area contributed by atoms with Gasteiger partial charge < -0.3 is 15.2 Å². The van der Waals surface area contributed by atoms with Crippen molar-refractivity contribution >= 4 is 11.3 Å². The summed E-state index contributed by atoms with van der Waals surface area (Å²) in [7, 11) is 0. The summed E-state index contributed by atoms with van der Waals surface area (Å²) >= 11 is 1.57. The Bertz CT molecular complexity index is 499.